The summed E-state index contributed by atoms with van der Waals surface area (Å²) < 4.78 is 10.8. The van der Waals surface area contributed by atoms with E-state index in [9.17, 15) is 4.79 Å². The monoisotopic (exact) mass is 381 g/mol. The van der Waals surface area contributed by atoms with Crippen molar-refractivity contribution in [2.24, 2.45) is 0 Å². The molecule has 2 aliphatic rings. The number of hydrogen-bond acceptors (Lipinski definition) is 5. The number of benzene rings is 1. The Kier molecular flexibility index (Phi) is 5.37. The van der Waals surface area contributed by atoms with Gasteiger partial charge in [-0.2, -0.15) is 0 Å². The third-order valence-electron chi connectivity index (χ3n) is 5.70. The van der Waals surface area contributed by atoms with Gasteiger partial charge in [0.15, 0.2) is 11.5 Å². The first-order chi connectivity index (χ1) is 13.7. The van der Waals surface area contributed by atoms with Crippen LogP contribution in [0.2, 0.25) is 0 Å². The summed E-state index contributed by atoms with van der Waals surface area (Å²) in [6, 6.07) is 6.00. The van der Waals surface area contributed by atoms with E-state index in [2.05, 4.69) is 9.88 Å². The maximum Gasteiger partial charge on any atom is 0.255 e. The van der Waals surface area contributed by atoms with Gasteiger partial charge in [0.05, 0.1) is 31.7 Å². The van der Waals surface area contributed by atoms with E-state index in [0.29, 0.717) is 24.4 Å². The van der Waals surface area contributed by atoms with Crippen molar-refractivity contribution >= 4 is 11.6 Å². The molecule has 6 nitrogen and oxygen atoms in total. The minimum absolute atomic E-state index is 0.0341. The average molecular weight is 381 g/mol. The molecule has 1 amide bonds. The molecule has 0 unspecified atom stereocenters. The molecular formula is C22H27N3O3. The SMILES string of the molecule is COc1cc2c(cc1OC)CN(C(=O)c1cncc(N3CCCCC3)c1)CC2. The summed E-state index contributed by atoms with van der Waals surface area (Å²) in [5.74, 6) is 1.47. The van der Waals surface area contributed by atoms with Gasteiger partial charge in [0.2, 0.25) is 0 Å². The molecule has 1 aromatic carbocycles. The van der Waals surface area contributed by atoms with Crippen molar-refractivity contribution in [2.75, 3.05) is 38.8 Å². The number of anilines is 1. The van der Waals surface area contributed by atoms with Crippen LogP contribution in [0.3, 0.4) is 0 Å². The molecule has 6 heteroatoms. The lowest BCUT2D eigenvalue weighted by atomic mass is 9.98. The maximum atomic E-state index is 13.1. The summed E-state index contributed by atoms with van der Waals surface area (Å²) in [4.78, 5) is 21.7. The van der Waals surface area contributed by atoms with Gasteiger partial charge in [0.25, 0.3) is 5.91 Å². The molecule has 28 heavy (non-hydrogen) atoms. The van der Waals surface area contributed by atoms with Crippen molar-refractivity contribution in [3.8, 4) is 11.5 Å². The second kappa shape index (κ2) is 8.09. The highest BCUT2D eigenvalue weighted by atomic mass is 16.5. The summed E-state index contributed by atoms with van der Waals surface area (Å²) in [5, 5.41) is 0. The van der Waals surface area contributed by atoms with Gasteiger partial charge in [-0.3, -0.25) is 9.78 Å². The van der Waals surface area contributed by atoms with E-state index in [1.807, 2.05) is 29.3 Å². The normalized spacial score (nSPS) is 16.5. The van der Waals surface area contributed by atoms with Crippen molar-refractivity contribution in [1.29, 1.82) is 0 Å². The number of piperidine rings is 1. The van der Waals surface area contributed by atoms with Gasteiger partial charge >= 0.3 is 0 Å². The number of methoxy groups -OCH3 is 2. The molecule has 3 heterocycles. The molecule has 4 rings (SSSR count). The number of pyridine rings is 1. The van der Waals surface area contributed by atoms with Gasteiger partial charge in [0, 0.05) is 32.4 Å². The summed E-state index contributed by atoms with van der Waals surface area (Å²) in [5.41, 5.74) is 4.03. The molecule has 0 spiro atoms. The van der Waals surface area contributed by atoms with E-state index in [0.717, 1.165) is 36.5 Å². The summed E-state index contributed by atoms with van der Waals surface area (Å²) >= 11 is 0. The third kappa shape index (κ3) is 3.63. The minimum Gasteiger partial charge on any atom is -0.493 e. The molecule has 1 fully saturated rings. The molecular weight excluding hydrogens is 354 g/mol. The van der Waals surface area contributed by atoms with E-state index < -0.39 is 0 Å². The first-order valence-corrected chi connectivity index (χ1v) is 9.92. The highest BCUT2D eigenvalue weighted by molar-refractivity contribution is 5.95. The average Bonchev–Trinajstić information content (AvgIpc) is 2.77. The molecule has 148 valence electrons. The molecule has 0 N–H and O–H groups in total. The number of ether oxygens (including phenoxy) is 2. The van der Waals surface area contributed by atoms with Crippen molar-refractivity contribution in [3.63, 3.8) is 0 Å². The molecule has 1 saturated heterocycles. The largest absolute Gasteiger partial charge is 0.493 e. The number of carbonyl (C=O) groups is 1. The second-order valence-corrected chi connectivity index (χ2v) is 7.43. The molecule has 0 bridgehead atoms. The van der Waals surface area contributed by atoms with Crippen LogP contribution < -0.4 is 14.4 Å². The Morgan fingerprint density at radius 2 is 1.64 bits per heavy atom. The molecule has 1 aromatic heterocycles. The maximum absolute atomic E-state index is 13.1. The van der Waals surface area contributed by atoms with Crippen LogP contribution in [0.1, 0.15) is 40.7 Å². The Bertz CT molecular complexity index is 862. The van der Waals surface area contributed by atoms with Gasteiger partial charge in [-0.25, -0.2) is 0 Å². The van der Waals surface area contributed by atoms with E-state index in [4.69, 9.17) is 9.47 Å². The van der Waals surface area contributed by atoms with E-state index in [1.54, 1.807) is 20.4 Å². The van der Waals surface area contributed by atoms with Crippen LogP contribution in [0.25, 0.3) is 0 Å². The predicted octanol–water partition coefficient (Wildman–Crippen LogP) is 3.29. The predicted molar refractivity (Wildman–Crippen MR) is 108 cm³/mol. The number of hydrogen-bond donors (Lipinski definition) is 0. The molecule has 0 atom stereocenters. The van der Waals surface area contributed by atoms with Crippen molar-refractivity contribution < 1.29 is 14.3 Å². The lowest BCUT2D eigenvalue weighted by Crippen LogP contribution is -2.36. The molecule has 0 aliphatic carbocycles. The minimum atomic E-state index is 0.0341. The van der Waals surface area contributed by atoms with Crippen LogP contribution in [0.5, 0.6) is 11.5 Å². The fourth-order valence-electron chi connectivity index (χ4n) is 4.11. The van der Waals surface area contributed by atoms with Gasteiger partial charge in [-0.1, -0.05) is 0 Å². The van der Waals surface area contributed by atoms with Gasteiger partial charge in [-0.15, -0.1) is 0 Å². The highest BCUT2D eigenvalue weighted by Crippen LogP contribution is 2.33. The highest BCUT2D eigenvalue weighted by Gasteiger charge is 2.24. The Hall–Kier alpha value is -2.76. The lowest BCUT2D eigenvalue weighted by molar-refractivity contribution is 0.0734. The van der Waals surface area contributed by atoms with Crippen LogP contribution in [0, 0.1) is 0 Å². The number of fused-ring (bicyclic) bond motifs is 1. The molecule has 2 aliphatic heterocycles. The fraction of sp³-hybridized carbons (Fsp3) is 0.455. The van der Waals surface area contributed by atoms with Gasteiger partial charge < -0.3 is 19.3 Å². The van der Waals surface area contributed by atoms with E-state index >= 15 is 0 Å². The van der Waals surface area contributed by atoms with Crippen LogP contribution in [0.15, 0.2) is 30.6 Å². The summed E-state index contributed by atoms with van der Waals surface area (Å²) in [6.45, 7) is 3.34. The zero-order chi connectivity index (χ0) is 19.5. The zero-order valence-electron chi connectivity index (χ0n) is 16.6. The van der Waals surface area contributed by atoms with Gasteiger partial charge in [-0.05, 0) is 55.0 Å². The second-order valence-electron chi connectivity index (χ2n) is 7.43. The fourth-order valence-corrected chi connectivity index (χ4v) is 4.11. The quantitative estimate of drug-likeness (QED) is 0.813. The van der Waals surface area contributed by atoms with E-state index in [-0.39, 0.29) is 5.91 Å². The number of aromatic nitrogens is 1. The summed E-state index contributed by atoms with van der Waals surface area (Å²) in [6.07, 6.45) is 8.04. The Balaban J connectivity index is 1.53. The standard InChI is InChI=1S/C22H27N3O3/c1-27-20-11-16-6-9-25(15-18(16)12-21(20)28-2)22(26)17-10-19(14-23-13-17)24-7-4-3-5-8-24/h10-14H,3-9,15H2,1-2H3. The van der Waals surface area contributed by atoms with Crippen LogP contribution >= 0.6 is 0 Å². The topological polar surface area (TPSA) is 54.9 Å². The Morgan fingerprint density at radius 1 is 0.929 bits per heavy atom. The van der Waals surface area contributed by atoms with E-state index in [1.165, 1.54) is 24.8 Å². The van der Waals surface area contributed by atoms with Crippen LogP contribution in [-0.2, 0) is 13.0 Å². The van der Waals surface area contributed by atoms with Crippen LogP contribution in [-0.4, -0.2) is 49.6 Å². The number of rotatable bonds is 4. The van der Waals surface area contributed by atoms with Gasteiger partial charge in [0.1, 0.15) is 0 Å². The molecule has 0 radical (unpaired) electrons. The smallest absolute Gasteiger partial charge is 0.255 e. The third-order valence-corrected chi connectivity index (χ3v) is 5.70. The van der Waals surface area contributed by atoms with Crippen LogP contribution in [0.4, 0.5) is 5.69 Å². The number of nitrogens with zero attached hydrogens (tertiary/aromatic N) is 3. The molecule has 2 aromatic rings. The Morgan fingerprint density at radius 3 is 2.36 bits per heavy atom. The number of amides is 1. The first kappa shape index (κ1) is 18.6. The Labute approximate surface area is 166 Å². The number of carbonyl (C=O) groups excluding carboxylic acids is 1. The lowest BCUT2D eigenvalue weighted by Gasteiger charge is -2.31. The zero-order valence-corrected chi connectivity index (χ0v) is 16.6. The van der Waals surface area contributed by atoms with Crippen molar-refractivity contribution in [3.05, 3.63) is 47.3 Å². The molecule has 0 saturated carbocycles. The summed E-state index contributed by atoms with van der Waals surface area (Å²) in [7, 11) is 3.28. The van der Waals surface area contributed by atoms with Crippen molar-refractivity contribution in [1.82, 2.24) is 9.88 Å². The van der Waals surface area contributed by atoms with Crippen molar-refractivity contribution in [2.45, 2.75) is 32.2 Å². The first-order valence-electron chi connectivity index (χ1n) is 9.92.